The van der Waals surface area contributed by atoms with Crippen LogP contribution in [-0.2, 0) is 6.42 Å². The van der Waals surface area contributed by atoms with Crippen LogP contribution in [0.25, 0.3) is 0 Å². The van der Waals surface area contributed by atoms with Crippen LogP contribution in [0.1, 0.15) is 11.4 Å². The summed E-state index contributed by atoms with van der Waals surface area (Å²) in [5.74, 6) is 0.967. The first-order valence-corrected chi connectivity index (χ1v) is 4.50. The minimum atomic E-state index is -0.147. The standard InChI is InChI=1S/C9H16N4O/c1-6-8(10)11-7(12-9(6)14)4-5-13(2)3/h4-5H2,1-3H3,(H3,10,11,12,14). The van der Waals surface area contributed by atoms with Crippen LogP contribution < -0.4 is 11.3 Å². The Labute approximate surface area is 83.0 Å². The summed E-state index contributed by atoms with van der Waals surface area (Å²) in [4.78, 5) is 20.1. The molecule has 5 heteroatoms. The lowest BCUT2D eigenvalue weighted by Crippen LogP contribution is -2.21. The van der Waals surface area contributed by atoms with Gasteiger partial charge in [-0.1, -0.05) is 0 Å². The minimum Gasteiger partial charge on any atom is -0.383 e. The summed E-state index contributed by atoms with van der Waals surface area (Å²) in [6, 6.07) is 0. The molecule has 0 atom stereocenters. The third-order valence-corrected chi connectivity index (χ3v) is 2.03. The van der Waals surface area contributed by atoms with Crippen LogP contribution in [-0.4, -0.2) is 35.5 Å². The molecule has 0 aromatic carbocycles. The molecule has 0 saturated carbocycles. The van der Waals surface area contributed by atoms with Crippen molar-refractivity contribution in [2.45, 2.75) is 13.3 Å². The Morgan fingerprint density at radius 3 is 2.64 bits per heavy atom. The molecule has 0 radical (unpaired) electrons. The second-order valence-electron chi connectivity index (χ2n) is 3.58. The lowest BCUT2D eigenvalue weighted by atomic mass is 10.3. The summed E-state index contributed by atoms with van der Waals surface area (Å²) in [5.41, 5.74) is 5.92. The number of nitrogen functional groups attached to an aromatic ring is 1. The molecule has 0 bridgehead atoms. The number of H-pyrrole nitrogens is 1. The minimum absolute atomic E-state index is 0.147. The topological polar surface area (TPSA) is 75.0 Å². The van der Waals surface area contributed by atoms with E-state index in [0.29, 0.717) is 23.6 Å². The van der Waals surface area contributed by atoms with Crippen molar-refractivity contribution in [2.24, 2.45) is 0 Å². The molecule has 0 amide bonds. The Balaban J connectivity index is 2.85. The van der Waals surface area contributed by atoms with Crippen molar-refractivity contribution in [3.63, 3.8) is 0 Å². The molecule has 3 N–H and O–H groups in total. The van der Waals surface area contributed by atoms with E-state index in [0.717, 1.165) is 6.54 Å². The second kappa shape index (κ2) is 4.23. The van der Waals surface area contributed by atoms with E-state index in [1.54, 1.807) is 6.92 Å². The van der Waals surface area contributed by atoms with E-state index in [1.165, 1.54) is 0 Å². The molecule has 0 aliphatic carbocycles. The zero-order chi connectivity index (χ0) is 10.7. The zero-order valence-corrected chi connectivity index (χ0v) is 8.79. The van der Waals surface area contributed by atoms with E-state index < -0.39 is 0 Å². The van der Waals surface area contributed by atoms with Crippen molar-refractivity contribution < 1.29 is 0 Å². The summed E-state index contributed by atoms with van der Waals surface area (Å²) in [7, 11) is 3.94. The third-order valence-electron chi connectivity index (χ3n) is 2.03. The molecule has 78 valence electrons. The van der Waals surface area contributed by atoms with Gasteiger partial charge in [0.1, 0.15) is 11.6 Å². The first-order chi connectivity index (χ1) is 6.50. The molecule has 0 aliphatic heterocycles. The Morgan fingerprint density at radius 1 is 1.50 bits per heavy atom. The van der Waals surface area contributed by atoms with Crippen LogP contribution in [0.2, 0.25) is 0 Å². The quantitative estimate of drug-likeness (QED) is 0.700. The van der Waals surface area contributed by atoms with E-state index in [2.05, 4.69) is 9.97 Å². The number of hydrogen-bond acceptors (Lipinski definition) is 4. The molecule has 0 fully saturated rings. The average Bonchev–Trinajstić information content (AvgIpc) is 2.10. The molecule has 0 saturated heterocycles. The van der Waals surface area contributed by atoms with E-state index in [-0.39, 0.29) is 5.56 Å². The number of rotatable bonds is 3. The van der Waals surface area contributed by atoms with E-state index >= 15 is 0 Å². The normalized spacial score (nSPS) is 10.9. The number of anilines is 1. The van der Waals surface area contributed by atoms with Gasteiger partial charge in [0.25, 0.3) is 5.56 Å². The molecule has 1 aromatic heterocycles. The largest absolute Gasteiger partial charge is 0.383 e. The van der Waals surface area contributed by atoms with Crippen molar-refractivity contribution >= 4 is 5.82 Å². The van der Waals surface area contributed by atoms with Crippen molar-refractivity contribution in [2.75, 3.05) is 26.4 Å². The van der Waals surface area contributed by atoms with Crippen LogP contribution in [0.3, 0.4) is 0 Å². The predicted octanol–water partition coefficient (Wildman–Crippen LogP) is -0.235. The van der Waals surface area contributed by atoms with Gasteiger partial charge >= 0.3 is 0 Å². The molecular formula is C9H16N4O. The fourth-order valence-electron chi connectivity index (χ4n) is 1.05. The summed E-state index contributed by atoms with van der Waals surface area (Å²) >= 11 is 0. The highest BCUT2D eigenvalue weighted by Gasteiger charge is 2.04. The molecule has 0 aliphatic rings. The van der Waals surface area contributed by atoms with Gasteiger partial charge in [-0.25, -0.2) is 4.98 Å². The van der Waals surface area contributed by atoms with Crippen molar-refractivity contribution in [1.29, 1.82) is 0 Å². The van der Waals surface area contributed by atoms with Crippen LogP contribution in [0, 0.1) is 6.92 Å². The van der Waals surface area contributed by atoms with Crippen LogP contribution >= 0.6 is 0 Å². The Kier molecular flexibility index (Phi) is 3.24. The summed E-state index contributed by atoms with van der Waals surface area (Å²) in [6.45, 7) is 2.50. The molecule has 5 nitrogen and oxygen atoms in total. The molecule has 1 heterocycles. The van der Waals surface area contributed by atoms with Gasteiger partial charge in [-0.2, -0.15) is 0 Å². The summed E-state index contributed by atoms with van der Waals surface area (Å²) in [5, 5.41) is 0. The number of hydrogen-bond donors (Lipinski definition) is 2. The number of nitrogens with two attached hydrogens (primary N) is 1. The number of likely N-dealkylation sites (N-methyl/N-ethyl adjacent to an activating group) is 1. The maximum absolute atomic E-state index is 11.3. The van der Waals surface area contributed by atoms with Crippen molar-refractivity contribution in [3.8, 4) is 0 Å². The van der Waals surface area contributed by atoms with Gasteiger partial charge in [-0.15, -0.1) is 0 Å². The SMILES string of the molecule is Cc1c(N)nc(CCN(C)C)[nH]c1=O. The number of aromatic nitrogens is 2. The Morgan fingerprint density at radius 2 is 2.14 bits per heavy atom. The Hall–Kier alpha value is -1.36. The van der Waals surface area contributed by atoms with Crippen LogP contribution in [0.15, 0.2) is 4.79 Å². The van der Waals surface area contributed by atoms with Gasteiger partial charge in [-0.05, 0) is 21.0 Å². The van der Waals surface area contributed by atoms with Gasteiger partial charge in [-0.3, -0.25) is 4.79 Å². The number of nitrogens with zero attached hydrogens (tertiary/aromatic N) is 2. The average molecular weight is 196 g/mol. The molecule has 1 aromatic rings. The molecule has 0 unspecified atom stereocenters. The van der Waals surface area contributed by atoms with Crippen molar-refractivity contribution in [3.05, 3.63) is 21.7 Å². The van der Waals surface area contributed by atoms with Gasteiger partial charge in [0, 0.05) is 13.0 Å². The van der Waals surface area contributed by atoms with Gasteiger partial charge < -0.3 is 15.6 Å². The van der Waals surface area contributed by atoms with Gasteiger partial charge in [0.05, 0.1) is 5.56 Å². The fourth-order valence-corrected chi connectivity index (χ4v) is 1.05. The smallest absolute Gasteiger partial charge is 0.255 e. The Bertz CT molecular complexity index is 370. The molecular weight excluding hydrogens is 180 g/mol. The molecule has 1 rings (SSSR count). The van der Waals surface area contributed by atoms with E-state index in [1.807, 2.05) is 19.0 Å². The highest BCUT2D eigenvalue weighted by atomic mass is 16.1. The first-order valence-electron chi connectivity index (χ1n) is 4.50. The molecule has 14 heavy (non-hydrogen) atoms. The lowest BCUT2D eigenvalue weighted by molar-refractivity contribution is 0.409. The lowest BCUT2D eigenvalue weighted by Gasteiger charge is -2.09. The van der Waals surface area contributed by atoms with Gasteiger partial charge in [0.15, 0.2) is 0 Å². The van der Waals surface area contributed by atoms with Crippen molar-refractivity contribution in [1.82, 2.24) is 14.9 Å². The maximum atomic E-state index is 11.3. The van der Waals surface area contributed by atoms with E-state index in [4.69, 9.17) is 5.73 Å². The first kappa shape index (κ1) is 10.7. The van der Waals surface area contributed by atoms with E-state index in [9.17, 15) is 4.79 Å². The van der Waals surface area contributed by atoms with Crippen LogP contribution in [0.5, 0.6) is 0 Å². The second-order valence-corrected chi connectivity index (χ2v) is 3.58. The zero-order valence-electron chi connectivity index (χ0n) is 8.79. The highest BCUT2D eigenvalue weighted by Crippen LogP contribution is 2.00. The predicted molar refractivity (Wildman–Crippen MR) is 56.3 cm³/mol. The number of aromatic amines is 1. The van der Waals surface area contributed by atoms with Crippen LogP contribution in [0.4, 0.5) is 5.82 Å². The maximum Gasteiger partial charge on any atom is 0.255 e. The highest BCUT2D eigenvalue weighted by molar-refractivity contribution is 5.36. The van der Waals surface area contributed by atoms with Gasteiger partial charge in [0.2, 0.25) is 0 Å². The third kappa shape index (κ3) is 2.56. The fraction of sp³-hybridized carbons (Fsp3) is 0.556. The summed E-state index contributed by atoms with van der Waals surface area (Å²) in [6.07, 6.45) is 0.701. The number of nitrogens with one attached hydrogen (secondary N) is 1. The summed E-state index contributed by atoms with van der Waals surface area (Å²) < 4.78 is 0. The monoisotopic (exact) mass is 196 g/mol. The molecule has 0 spiro atoms.